The Morgan fingerprint density at radius 2 is 1.57 bits per heavy atom. The molecule has 0 amide bonds. The van der Waals surface area contributed by atoms with E-state index in [1.807, 2.05) is 13.8 Å². The Morgan fingerprint density at radius 1 is 1.00 bits per heavy atom. The normalized spacial score (nSPS) is 9.79. The van der Waals surface area contributed by atoms with Crippen molar-refractivity contribution in [2.24, 2.45) is 5.10 Å². The molecule has 2 heteroatoms. The van der Waals surface area contributed by atoms with Gasteiger partial charge in [0.25, 0.3) is 0 Å². The number of hydrogen-bond acceptors (Lipinski definition) is 2. The minimum absolute atomic E-state index is 1.03. The van der Waals surface area contributed by atoms with Crippen molar-refractivity contribution < 1.29 is 0 Å². The van der Waals surface area contributed by atoms with Gasteiger partial charge < -0.3 is 0 Å². The highest BCUT2D eigenvalue weighted by Crippen LogP contribution is 2.19. The summed E-state index contributed by atoms with van der Waals surface area (Å²) < 4.78 is 0. The Hall–Kier alpha value is -1.31. The Labute approximate surface area is 86.0 Å². The minimum atomic E-state index is 1.03. The zero-order valence-electron chi connectivity index (χ0n) is 9.60. The number of benzene rings is 1. The lowest BCUT2D eigenvalue weighted by atomic mass is 10.1. The molecule has 0 aromatic heterocycles. The molecule has 0 aliphatic carbocycles. The second-order valence-corrected chi connectivity index (χ2v) is 3.92. The minimum Gasteiger partial charge on any atom is -0.278 e. The van der Waals surface area contributed by atoms with Gasteiger partial charge in [-0.15, -0.1) is 0 Å². The van der Waals surface area contributed by atoms with Crippen molar-refractivity contribution in [3.63, 3.8) is 0 Å². The van der Waals surface area contributed by atoms with Gasteiger partial charge in [0.1, 0.15) is 0 Å². The number of rotatable bonds is 2. The average molecular weight is 190 g/mol. The first-order valence-electron chi connectivity index (χ1n) is 4.85. The van der Waals surface area contributed by atoms with Crippen LogP contribution in [0.2, 0.25) is 0 Å². The Bertz CT molecular complexity index is 361. The molecule has 1 rings (SSSR count). The number of hydrogen-bond donors (Lipinski definition) is 1. The van der Waals surface area contributed by atoms with E-state index in [0.29, 0.717) is 0 Å². The van der Waals surface area contributed by atoms with E-state index in [0.717, 1.165) is 11.4 Å². The van der Waals surface area contributed by atoms with Crippen LogP contribution in [0, 0.1) is 20.8 Å². The van der Waals surface area contributed by atoms with Crippen LogP contribution in [0.1, 0.15) is 30.5 Å². The molecule has 76 valence electrons. The summed E-state index contributed by atoms with van der Waals surface area (Å²) in [6, 6.07) is 4.31. The fraction of sp³-hybridized carbons (Fsp3) is 0.417. The fourth-order valence-corrected chi connectivity index (χ4v) is 1.25. The zero-order valence-corrected chi connectivity index (χ0v) is 9.60. The van der Waals surface area contributed by atoms with E-state index in [-0.39, 0.29) is 0 Å². The van der Waals surface area contributed by atoms with E-state index in [4.69, 9.17) is 0 Å². The molecule has 1 aromatic rings. The third-order valence-corrected chi connectivity index (χ3v) is 2.24. The van der Waals surface area contributed by atoms with E-state index in [9.17, 15) is 0 Å². The molecular formula is C12H18N2. The second-order valence-electron chi connectivity index (χ2n) is 3.92. The van der Waals surface area contributed by atoms with E-state index in [1.54, 1.807) is 0 Å². The van der Waals surface area contributed by atoms with Gasteiger partial charge >= 0.3 is 0 Å². The highest BCUT2D eigenvalue weighted by molar-refractivity contribution is 5.80. The fourth-order valence-electron chi connectivity index (χ4n) is 1.25. The first-order chi connectivity index (χ1) is 6.50. The average Bonchev–Trinajstić information content (AvgIpc) is 2.09. The summed E-state index contributed by atoms with van der Waals surface area (Å²) in [4.78, 5) is 0. The lowest BCUT2D eigenvalue weighted by Gasteiger charge is -2.09. The standard InChI is InChI=1S/C12H18N2/c1-8(2)13-14-12-7-10(4)9(3)6-11(12)5/h6-7,14H,1-5H3. The molecule has 1 N–H and O–H groups in total. The van der Waals surface area contributed by atoms with Crippen LogP contribution < -0.4 is 5.43 Å². The molecule has 2 nitrogen and oxygen atoms in total. The molecule has 0 saturated heterocycles. The molecular weight excluding hydrogens is 172 g/mol. The van der Waals surface area contributed by atoms with Crippen molar-refractivity contribution in [3.05, 3.63) is 28.8 Å². The van der Waals surface area contributed by atoms with Crippen LogP contribution in [0.5, 0.6) is 0 Å². The molecule has 0 spiro atoms. The van der Waals surface area contributed by atoms with Gasteiger partial charge in [-0.2, -0.15) is 5.10 Å². The highest BCUT2D eigenvalue weighted by atomic mass is 15.3. The van der Waals surface area contributed by atoms with Crippen LogP contribution in [0.4, 0.5) is 5.69 Å². The van der Waals surface area contributed by atoms with Crippen molar-refractivity contribution in [1.82, 2.24) is 0 Å². The highest BCUT2D eigenvalue weighted by Gasteiger charge is 2.00. The number of anilines is 1. The van der Waals surface area contributed by atoms with Gasteiger partial charge in [0.2, 0.25) is 0 Å². The van der Waals surface area contributed by atoms with Crippen LogP contribution in [-0.4, -0.2) is 5.71 Å². The predicted octanol–water partition coefficient (Wildman–Crippen LogP) is 3.42. The van der Waals surface area contributed by atoms with Crippen LogP contribution in [-0.2, 0) is 0 Å². The Morgan fingerprint density at radius 3 is 2.14 bits per heavy atom. The molecule has 0 atom stereocenters. The van der Waals surface area contributed by atoms with Gasteiger partial charge in [-0.3, -0.25) is 5.43 Å². The maximum absolute atomic E-state index is 4.19. The van der Waals surface area contributed by atoms with Crippen LogP contribution in [0.15, 0.2) is 17.2 Å². The van der Waals surface area contributed by atoms with E-state index >= 15 is 0 Å². The molecule has 0 aliphatic heterocycles. The zero-order chi connectivity index (χ0) is 10.7. The summed E-state index contributed by atoms with van der Waals surface area (Å²) in [6.07, 6.45) is 0. The molecule has 0 radical (unpaired) electrons. The van der Waals surface area contributed by atoms with E-state index in [2.05, 4.69) is 43.4 Å². The van der Waals surface area contributed by atoms with Gasteiger partial charge in [-0.1, -0.05) is 6.07 Å². The molecule has 0 heterocycles. The maximum Gasteiger partial charge on any atom is 0.0593 e. The lowest BCUT2D eigenvalue weighted by Crippen LogP contribution is -1.96. The molecule has 0 saturated carbocycles. The van der Waals surface area contributed by atoms with Crippen molar-refractivity contribution >= 4 is 11.4 Å². The number of aryl methyl sites for hydroxylation is 3. The number of nitrogens with one attached hydrogen (secondary N) is 1. The van der Waals surface area contributed by atoms with Crippen LogP contribution in [0.3, 0.4) is 0 Å². The maximum atomic E-state index is 4.19. The first-order valence-corrected chi connectivity index (χ1v) is 4.85. The SMILES string of the molecule is CC(C)=NNc1cc(C)c(C)cc1C. The van der Waals surface area contributed by atoms with Gasteiger partial charge in [-0.25, -0.2) is 0 Å². The lowest BCUT2D eigenvalue weighted by molar-refractivity contribution is 1.24. The summed E-state index contributed by atoms with van der Waals surface area (Å²) in [5, 5.41) is 4.19. The molecule has 0 unspecified atom stereocenters. The smallest absolute Gasteiger partial charge is 0.0593 e. The third kappa shape index (κ3) is 2.59. The third-order valence-electron chi connectivity index (χ3n) is 2.24. The summed E-state index contributed by atoms with van der Waals surface area (Å²) in [7, 11) is 0. The second kappa shape index (κ2) is 4.27. The van der Waals surface area contributed by atoms with Crippen molar-refractivity contribution in [1.29, 1.82) is 0 Å². The van der Waals surface area contributed by atoms with E-state index in [1.165, 1.54) is 16.7 Å². The Kier molecular flexibility index (Phi) is 3.28. The quantitative estimate of drug-likeness (QED) is 0.561. The van der Waals surface area contributed by atoms with Gasteiger partial charge in [0.05, 0.1) is 5.69 Å². The molecule has 1 aromatic carbocycles. The van der Waals surface area contributed by atoms with Gasteiger partial charge in [0.15, 0.2) is 0 Å². The van der Waals surface area contributed by atoms with Crippen molar-refractivity contribution in [3.8, 4) is 0 Å². The summed E-state index contributed by atoms with van der Waals surface area (Å²) in [6.45, 7) is 10.3. The molecule has 0 bridgehead atoms. The molecule has 0 fully saturated rings. The molecule has 14 heavy (non-hydrogen) atoms. The first kappa shape index (κ1) is 10.8. The summed E-state index contributed by atoms with van der Waals surface area (Å²) >= 11 is 0. The van der Waals surface area contributed by atoms with Crippen molar-refractivity contribution in [2.75, 3.05) is 5.43 Å². The van der Waals surface area contributed by atoms with Crippen LogP contribution >= 0.6 is 0 Å². The topological polar surface area (TPSA) is 24.4 Å². The predicted molar refractivity (Wildman–Crippen MR) is 63.1 cm³/mol. The van der Waals surface area contributed by atoms with Crippen molar-refractivity contribution in [2.45, 2.75) is 34.6 Å². The van der Waals surface area contributed by atoms with Gasteiger partial charge in [0, 0.05) is 5.71 Å². The number of hydrazone groups is 1. The van der Waals surface area contributed by atoms with Gasteiger partial charge in [-0.05, 0) is 57.4 Å². The summed E-state index contributed by atoms with van der Waals surface area (Å²) in [5.74, 6) is 0. The number of nitrogens with zero attached hydrogens (tertiary/aromatic N) is 1. The largest absolute Gasteiger partial charge is 0.278 e. The Balaban J connectivity index is 2.98. The van der Waals surface area contributed by atoms with E-state index < -0.39 is 0 Å². The monoisotopic (exact) mass is 190 g/mol. The van der Waals surface area contributed by atoms with Crippen LogP contribution in [0.25, 0.3) is 0 Å². The molecule has 0 aliphatic rings. The summed E-state index contributed by atoms with van der Waals surface area (Å²) in [5.41, 5.74) is 9.04.